The number of ether oxygens (including phenoxy) is 1. The van der Waals surface area contributed by atoms with Gasteiger partial charge >= 0.3 is 12.1 Å². The lowest BCUT2D eigenvalue weighted by Crippen LogP contribution is -2.25. The van der Waals surface area contributed by atoms with Crippen LogP contribution >= 0.6 is 0 Å². The Morgan fingerprint density at radius 2 is 1.95 bits per heavy atom. The number of rotatable bonds is 4. The molecule has 0 unspecified atom stereocenters. The number of aliphatic carboxylic acids is 1. The minimum Gasteiger partial charge on any atom is -0.475 e. The lowest BCUT2D eigenvalue weighted by atomic mass is 10.1. The molecule has 0 spiro atoms. The molecular formula is C27H27F3N6O3. The van der Waals surface area contributed by atoms with Crippen LogP contribution in [0.2, 0.25) is 0 Å². The Morgan fingerprint density at radius 3 is 2.64 bits per heavy atom. The molecule has 2 atom stereocenters. The first-order chi connectivity index (χ1) is 18.7. The van der Waals surface area contributed by atoms with E-state index >= 15 is 0 Å². The average Bonchev–Trinajstić information content (AvgIpc) is 3.31. The van der Waals surface area contributed by atoms with Crippen LogP contribution in [0.3, 0.4) is 0 Å². The van der Waals surface area contributed by atoms with Gasteiger partial charge in [0, 0.05) is 49.7 Å². The molecule has 0 radical (unpaired) electrons. The number of imidazole rings is 1. The third-order valence-electron chi connectivity index (χ3n) is 6.83. The van der Waals surface area contributed by atoms with Crippen LogP contribution in [0.4, 0.5) is 19.0 Å². The number of nitrogens with one attached hydrogen (secondary N) is 1. The Labute approximate surface area is 221 Å². The third-order valence-corrected chi connectivity index (χ3v) is 6.83. The number of pyridine rings is 1. The zero-order valence-corrected chi connectivity index (χ0v) is 21.1. The van der Waals surface area contributed by atoms with E-state index in [4.69, 9.17) is 20.4 Å². The van der Waals surface area contributed by atoms with E-state index in [-0.39, 0.29) is 0 Å². The van der Waals surface area contributed by atoms with Gasteiger partial charge in [-0.2, -0.15) is 13.2 Å². The number of hydrogen-bond acceptors (Lipinski definition) is 6. The smallest absolute Gasteiger partial charge is 0.475 e. The highest BCUT2D eigenvalue weighted by atomic mass is 19.4. The van der Waals surface area contributed by atoms with Crippen LogP contribution in [0.5, 0.6) is 0 Å². The predicted octanol–water partition coefficient (Wildman–Crippen LogP) is 3.89. The molecule has 1 aromatic carbocycles. The first-order valence-electron chi connectivity index (χ1n) is 12.4. The molecule has 4 aromatic rings. The van der Waals surface area contributed by atoms with Gasteiger partial charge < -0.3 is 30.0 Å². The van der Waals surface area contributed by atoms with E-state index in [0.29, 0.717) is 30.6 Å². The molecule has 1 aliphatic carbocycles. The summed E-state index contributed by atoms with van der Waals surface area (Å²) in [6.45, 7) is 1.61. The molecule has 6 rings (SSSR count). The van der Waals surface area contributed by atoms with Crippen molar-refractivity contribution in [2.45, 2.75) is 43.6 Å². The van der Waals surface area contributed by atoms with Crippen molar-refractivity contribution in [1.29, 1.82) is 0 Å². The number of alkyl halides is 3. The number of halogens is 3. The number of aromatic nitrogens is 4. The summed E-state index contributed by atoms with van der Waals surface area (Å²) >= 11 is 0. The maximum absolute atomic E-state index is 10.6. The van der Waals surface area contributed by atoms with Crippen LogP contribution in [0.25, 0.3) is 21.9 Å². The van der Waals surface area contributed by atoms with Gasteiger partial charge in [0.25, 0.3) is 0 Å². The maximum Gasteiger partial charge on any atom is 0.490 e. The van der Waals surface area contributed by atoms with Gasteiger partial charge in [-0.05, 0) is 43.5 Å². The molecule has 2 aliphatic rings. The highest BCUT2D eigenvalue weighted by molar-refractivity contribution is 5.95. The highest BCUT2D eigenvalue weighted by Crippen LogP contribution is 2.37. The topological polar surface area (TPSA) is 120 Å². The summed E-state index contributed by atoms with van der Waals surface area (Å²) in [5, 5.41) is 11.6. The number of nitrogens with two attached hydrogens (primary N) is 1. The molecule has 4 heterocycles. The quantitative estimate of drug-likeness (QED) is 0.336. The van der Waals surface area contributed by atoms with Gasteiger partial charge in [-0.25, -0.2) is 14.8 Å². The number of carbonyl (C=O) groups is 1. The molecule has 0 amide bonds. The number of nitrogens with zero attached hydrogens (tertiary/aromatic N) is 4. The Morgan fingerprint density at radius 1 is 1.18 bits per heavy atom. The third kappa shape index (κ3) is 5.69. The molecular weight excluding hydrogens is 513 g/mol. The van der Waals surface area contributed by atoms with Gasteiger partial charge in [0.15, 0.2) is 0 Å². The van der Waals surface area contributed by atoms with E-state index in [0.717, 1.165) is 40.5 Å². The molecule has 1 aliphatic heterocycles. The first kappa shape index (κ1) is 26.5. The van der Waals surface area contributed by atoms with E-state index < -0.39 is 12.1 Å². The van der Waals surface area contributed by atoms with Crippen molar-refractivity contribution in [3.8, 4) is 11.8 Å². The number of benzene rings is 1. The van der Waals surface area contributed by atoms with Gasteiger partial charge in [0.1, 0.15) is 5.82 Å². The Hall–Kier alpha value is -4.08. The van der Waals surface area contributed by atoms with Crippen molar-refractivity contribution in [2.24, 2.45) is 0 Å². The number of carboxylic acids is 1. The summed E-state index contributed by atoms with van der Waals surface area (Å²) in [5.41, 5.74) is 11.4. The average molecular weight is 541 g/mol. The van der Waals surface area contributed by atoms with Crippen molar-refractivity contribution in [3.05, 3.63) is 54.1 Å². The van der Waals surface area contributed by atoms with Crippen LogP contribution in [0, 0.1) is 11.8 Å². The van der Waals surface area contributed by atoms with Crippen LogP contribution in [-0.2, 0) is 9.53 Å². The van der Waals surface area contributed by atoms with Gasteiger partial charge in [0.2, 0.25) is 0 Å². The van der Waals surface area contributed by atoms with E-state index in [1.165, 1.54) is 18.4 Å². The Kier molecular flexibility index (Phi) is 7.20. The second kappa shape index (κ2) is 10.6. The van der Waals surface area contributed by atoms with Gasteiger partial charge in [-0.15, -0.1) is 0 Å². The summed E-state index contributed by atoms with van der Waals surface area (Å²) in [4.78, 5) is 17.8. The molecule has 9 nitrogen and oxygen atoms in total. The first-order valence-corrected chi connectivity index (χ1v) is 12.4. The highest BCUT2D eigenvalue weighted by Gasteiger charge is 2.38. The minimum atomic E-state index is -5.08. The monoisotopic (exact) mass is 540 g/mol. The Balaban J connectivity index is 0.000000392. The molecule has 3 aromatic heterocycles. The molecule has 0 bridgehead atoms. The van der Waals surface area contributed by atoms with Crippen LogP contribution in [0.1, 0.15) is 42.5 Å². The Bertz CT molecular complexity index is 1580. The van der Waals surface area contributed by atoms with Crippen molar-refractivity contribution in [1.82, 2.24) is 24.4 Å². The second-order valence-corrected chi connectivity index (χ2v) is 9.63. The van der Waals surface area contributed by atoms with Crippen LogP contribution in [-0.4, -0.2) is 62.7 Å². The number of fused-ring (bicyclic) bond motifs is 2. The van der Waals surface area contributed by atoms with E-state index in [2.05, 4.69) is 60.7 Å². The summed E-state index contributed by atoms with van der Waals surface area (Å²) in [7, 11) is 1.74. The van der Waals surface area contributed by atoms with Crippen molar-refractivity contribution < 1.29 is 27.8 Å². The molecule has 12 heteroatoms. The fourth-order valence-electron chi connectivity index (χ4n) is 4.86. The van der Waals surface area contributed by atoms with E-state index in [1.54, 1.807) is 13.3 Å². The molecule has 4 N–H and O–H groups in total. The SMILES string of the molecule is COC[C@H]1C[C@H](n2cc(C#Cc3ccc4c(c3)ncn4C3CC3)c3c(N)nccc32)CN1.O=C(O)C(F)(F)F. The number of methoxy groups -OCH3 is 1. The summed E-state index contributed by atoms with van der Waals surface area (Å²) in [6, 6.07) is 9.61. The number of nitrogen functional groups attached to an aromatic ring is 1. The van der Waals surface area contributed by atoms with Crippen LogP contribution in [0.15, 0.2) is 43.0 Å². The predicted molar refractivity (Wildman–Crippen MR) is 139 cm³/mol. The minimum absolute atomic E-state index is 0.331. The zero-order chi connectivity index (χ0) is 27.7. The van der Waals surface area contributed by atoms with Crippen LogP contribution < -0.4 is 11.1 Å². The second-order valence-electron chi connectivity index (χ2n) is 9.63. The fraction of sp³-hybridized carbons (Fsp3) is 0.370. The standard InChI is InChI=1S/C25H26N6O.C2HF3O2/c1-32-14-18-11-20(12-28-18)30-13-17(24-23(30)8-9-27-25(24)26)4-2-16-3-7-22-21(10-16)29-15-31(22)19-5-6-19;3-2(4,5)1(6)7/h3,7-10,13,15,18-20,28H,5-6,11-12,14H2,1H3,(H2,26,27);(H,6,7)/t18-,20+;/m1./s1. The molecule has 204 valence electrons. The molecule has 1 saturated carbocycles. The zero-order valence-electron chi connectivity index (χ0n) is 21.1. The fourth-order valence-corrected chi connectivity index (χ4v) is 4.86. The number of anilines is 1. The molecule has 1 saturated heterocycles. The molecule has 2 fully saturated rings. The van der Waals surface area contributed by atoms with Crippen molar-refractivity contribution in [2.75, 3.05) is 26.0 Å². The van der Waals surface area contributed by atoms with E-state index in [9.17, 15) is 13.2 Å². The molecule has 39 heavy (non-hydrogen) atoms. The van der Waals surface area contributed by atoms with Crippen molar-refractivity contribution >= 4 is 33.7 Å². The maximum atomic E-state index is 10.6. The van der Waals surface area contributed by atoms with E-state index in [1.807, 2.05) is 12.4 Å². The summed E-state index contributed by atoms with van der Waals surface area (Å²) in [6.07, 6.45) is 4.26. The normalized spacial score (nSPS) is 19.0. The summed E-state index contributed by atoms with van der Waals surface area (Å²) in [5.74, 6) is 4.45. The number of hydrogen-bond donors (Lipinski definition) is 3. The van der Waals surface area contributed by atoms with Crippen molar-refractivity contribution in [3.63, 3.8) is 0 Å². The number of carboxylic acid groups (broad SMARTS) is 1. The largest absolute Gasteiger partial charge is 0.490 e. The van der Waals surface area contributed by atoms with Gasteiger partial charge in [-0.3, -0.25) is 0 Å². The lowest BCUT2D eigenvalue weighted by molar-refractivity contribution is -0.192. The lowest BCUT2D eigenvalue weighted by Gasteiger charge is -2.13. The van der Waals surface area contributed by atoms with Gasteiger partial charge in [0.05, 0.1) is 40.4 Å². The summed E-state index contributed by atoms with van der Waals surface area (Å²) < 4.78 is 41.6. The van der Waals surface area contributed by atoms with Gasteiger partial charge in [-0.1, -0.05) is 11.8 Å².